The van der Waals surface area contributed by atoms with E-state index in [9.17, 15) is 0 Å². The smallest absolute Gasteiger partial charge is 0.176 e. The molecule has 0 amide bonds. The molecule has 0 aliphatic rings. The predicted molar refractivity (Wildman–Crippen MR) is 67.8 cm³/mol. The van der Waals surface area contributed by atoms with Gasteiger partial charge < -0.3 is 9.42 Å². The zero-order chi connectivity index (χ0) is 11.7. The van der Waals surface area contributed by atoms with Gasteiger partial charge in [-0.3, -0.25) is 0 Å². The Morgan fingerprint density at radius 2 is 2.06 bits per heavy atom. The van der Waals surface area contributed by atoms with Gasteiger partial charge in [0, 0.05) is 30.7 Å². The highest BCUT2D eigenvalue weighted by Crippen LogP contribution is 2.30. The summed E-state index contributed by atoms with van der Waals surface area (Å²) in [5, 5.41) is 5.09. The highest BCUT2D eigenvalue weighted by atomic mass is 16.5. The monoisotopic (exact) mass is 216 g/mol. The Morgan fingerprint density at radius 3 is 2.69 bits per heavy atom. The molecule has 0 N–H and O–H groups in total. The number of nitrogens with zero attached hydrogens (tertiary/aromatic N) is 2. The molecule has 0 bridgehead atoms. The molecule has 0 unspecified atom stereocenters. The van der Waals surface area contributed by atoms with Gasteiger partial charge in [0.1, 0.15) is 0 Å². The van der Waals surface area contributed by atoms with Crippen molar-refractivity contribution in [2.75, 3.05) is 19.0 Å². The zero-order valence-electron chi connectivity index (χ0n) is 10.1. The van der Waals surface area contributed by atoms with Gasteiger partial charge in [-0.05, 0) is 26.0 Å². The lowest BCUT2D eigenvalue weighted by molar-refractivity contribution is 0.450. The molecule has 0 spiro atoms. The molecule has 0 atom stereocenters. The van der Waals surface area contributed by atoms with Crippen LogP contribution < -0.4 is 4.90 Å². The topological polar surface area (TPSA) is 29.3 Å². The van der Waals surface area contributed by atoms with Gasteiger partial charge in [0.05, 0.1) is 5.69 Å². The van der Waals surface area contributed by atoms with Gasteiger partial charge in [0.15, 0.2) is 5.58 Å². The Bertz CT molecular complexity index is 538. The van der Waals surface area contributed by atoms with E-state index in [0.29, 0.717) is 0 Å². The lowest BCUT2D eigenvalue weighted by Gasteiger charge is -2.15. The minimum atomic E-state index is 0.863. The van der Waals surface area contributed by atoms with Gasteiger partial charge in [0.2, 0.25) is 0 Å². The van der Waals surface area contributed by atoms with E-state index >= 15 is 0 Å². The average Bonchev–Trinajstić information content (AvgIpc) is 2.61. The summed E-state index contributed by atoms with van der Waals surface area (Å²) in [5.41, 5.74) is 4.03. The maximum absolute atomic E-state index is 5.40. The molecule has 0 saturated heterocycles. The van der Waals surface area contributed by atoms with Crippen molar-refractivity contribution in [3.05, 3.63) is 29.5 Å². The molecule has 3 nitrogen and oxygen atoms in total. The summed E-state index contributed by atoms with van der Waals surface area (Å²) in [6.07, 6.45) is 4.07. The summed E-state index contributed by atoms with van der Waals surface area (Å²) < 4.78 is 5.40. The van der Waals surface area contributed by atoms with Gasteiger partial charge in [-0.2, -0.15) is 0 Å². The Hall–Kier alpha value is -1.77. The van der Waals surface area contributed by atoms with Crippen LogP contribution in [0.15, 0.2) is 22.7 Å². The number of fused-ring (bicyclic) bond motifs is 1. The fourth-order valence-corrected chi connectivity index (χ4v) is 1.85. The normalized spacial score (nSPS) is 11.5. The maximum Gasteiger partial charge on any atom is 0.176 e. The quantitative estimate of drug-likeness (QED) is 0.771. The second kappa shape index (κ2) is 4.00. The van der Waals surface area contributed by atoms with Crippen molar-refractivity contribution in [2.45, 2.75) is 13.8 Å². The molecule has 1 heterocycles. The highest BCUT2D eigenvalue weighted by Gasteiger charge is 2.12. The summed E-state index contributed by atoms with van der Waals surface area (Å²) >= 11 is 0. The Morgan fingerprint density at radius 1 is 1.31 bits per heavy atom. The van der Waals surface area contributed by atoms with Crippen LogP contribution in [0.25, 0.3) is 17.0 Å². The average molecular weight is 216 g/mol. The van der Waals surface area contributed by atoms with Crippen LogP contribution in [0, 0.1) is 6.92 Å². The van der Waals surface area contributed by atoms with E-state index < -0.39 is 0 Å². The number of benzene rings is 1. The SMILES string of the molecule is CC=Cc1c(N(C)C)ccc2c(C)noc12. The van der Waals surface area contributed by atoms with Crippen molar-refractivity contribution >= 4 is 22.7 Å². The second-order valence-electron chi connectivity index (χ2n) is 4.04. The fraction of sp³-hybridized carbons (Fsp3) is 0.308. The summed E-state index contributed by atoms with van der Waals surface area (Å²) in [7, 11) is 4.05. The molecule has 2 aromatic rings. The molecule has 1 aromatic heterocycles. The molecule has 1 aromatic carbocycles. The summed E-state index contributed by atoms with van der Waals surface area (Å²) in [4.78, 5) is 2.08. The molecule has 0 radical (unpaired) electrons. The first-order valence-corrected chi connectivity index (χ1v) is 5.34. The molecule has 0 fully saturated rings. The van der Waals surface area contributed by atoms with Crippen LogP contribution in [-0.4, -0.2) is 19.3 Å². The van der Waals surface area contributed by atoms with Gasteiger partial charge in [-0.25, -0.2) is 0 Å². The molecule has 16 heavy (non-hydrogen) atoms. The first-order valence-electron chi connectivity index (χ1n) is 5.34. The van der Waals surface area contributed by atoms with Gasteiger partial charge in [0.25, 0.3) is 0 Å². The lowest BCUT2D eigenvalue weighted by Crippen LogP contribution is -2.10. The fourth-order valence-electron chi connectivity index (χ4n) is 1.85. The first kappa shape index (κ1) is 10.7. The van der Waals surface area contributed by atoms with Crippen LogP contribution in [0.1, 0.15) is 18.2 Å². The molecular weight excluding hydrogens is 200 g/mol. The van der Waals surface area contributed by atoms with Crippen LogP contribution >= 0.6 is 0 Å². The molecular formula is C13H16N2O. The Balaban J connectivity index is 2.79. The molecule has 3 heteroatoms. The van der Waals surface area contributed by atoms with E-state index in [1.54, 1.807) is 0 Å². The molecule has 84 valence electrons. The molecule has 0 saturated carbocycles. The minimum absolute atomic E-state index is 0.863. The summed E-state index contributed by atoms with van der Waals surface area (Å²) in [6, 6.07) is 4.16. The van der Waals surface area contributed by atoms with E-state index in [0.717, 1.165) is 27.9 Å². The third-order valence-corrected chi connectivity index (χ3v) is 2.65. The lowest BCUT2D eigenvalue weighted by atomic mass is 10.1. The van der Waals surface area contributed by atoms with Gasteiger partial charge in [-0.15, -0.1) is 0 Å². The van der Waals surface area contributed by atoms with Crippen LogP contribution in [0.3, 0.4) is 0 Å². The van der Waals surface area contributed by atoms with Crippen molar-refractivity contribution in [3.8, 4) is 0 Å². The van der Waals surface area contributed by atoms with Crippen LogP contribution in [-0.2, 0) is 0 Å². The third kappa shape index (κ3) is 1.58. The van der Waals surface area contributed by atoms with Crippen molar-refractivity contribution in [3.63, 3.8) is 0 Å². The van der Waals surface area contributed by atoms with Crippen LogP contribution in [0.2, 0.25) is 0 Å². The van der Waals surface area contributed by atoms with Gasteiger partial charge >= 0.3 is 0 Å². The molecule has 0 aliphatic carbocycles. The number of rotatable bonds is 2. The predicted octanol–water partition coefficient (Wildman–Crippen LogP) is 3.24. The standard InChI is InChI=1S/C13H16N2O/c1-5-6-11-12(15(3)4)8-7-10-9(2)14-16-13(10)11/h5-8H,1-4H3. The van der Waals surface area contributed by atoms with Crippen LogP contribution in [0.4, 0.5) is 5.69 Å². The van der Waals surface area contributed by atoms with E-state index in [1.807, 2.05) is 34.0 Å². The summed E-state index contributed by atoms with van der Waals surface area (Å²) in [6.45, 7) is 3.96. The van der Waals surface area contributed by atoms with Crippen molar-refractivity contribution in [1.29, 1.82) is 0 Å². The maximum atomic E-state index is 5.40. The van der Waals surface area contributed by atoms with Crippen molar-refractivity contribution in [2.24, 2.45) is 0 Å². The number of allylic oxidation sites excluding steroid dienone is 1. The minimum Gasteiger partial charge on any atom is -0.377 e. The highest BCUT2D eigenvalue weighted by molar-refractivity contribution is 5.93. The molecule has 0 aliphatic heterocycles. The first-order chi connectivity index (χ1) is 7.65. The number of hydrogen-bond donors (Lipinski definition) is 0. The zero-order valence-corrected chi connectivity index (χ0v) is 10.1. The largest absolute Gasteiger partial charge is 0.377 e. The number of aromatic nitrogens is 1. The van der Waals surface area contributed by atoms with E-state index in [-0.39, 0.29) is 0 Å². The number of aryl methyl sites for hydroxylation is 1. The van der Waals surface area contributed by atoms with Gasteiger partial charge in [-0.1, -0.05) is 17.3 Å². The summed E-state index contributed by atoms with van der Waals surface area (Å²) in [5.74, 6) is 0. The third-order valence-electron chi connectivity index (χ3n) is 2.65. The van der Waals surface area contributed by atoms with Crippen molar-refractivity contribution < 1.29 is 4.52 Å². The Kier molecular flexibility index (Phi) is 2.69. The van der Waals surface area contributed by atoms with Crippen LogP contribution in [0.5, 0.6) is 0 Å². The molecule has 2 rings (SSSR count). The van der Waals surface area contributed by atoms with E-state index in [2.05, 4.69) is 28.3 Å². The van der Waals surface area contributed by atoms with E-state index in [1.165, 1.54) is 0 Å². The second-order valence-corrected chi connectivity index (χ2v) is 4.04. The van der Waals surface area contributed by atoms with Crippen molar-refractivity contribution in [1.82, 2.24) is 5.16 Å². The number of anilines is 1. The Labute approximate surface area is 95.3 Å². The number of hydrogen-bond acceptors (Lipinski definition) is 3. The van der Waals surface area contributed by atoms with E-state index in [4.69, 9.17) is 4.52 Å².